The number of fused-ring (bicyclic) bond motifs is 1. The number of aliphatic hydroxyl groups is 1. The van der Waals surface area contributed by atoms with E-state index in [9.17, 15) is 19.8 Å². The number of rotatable bonds is 5. The van der Waals surface area contributed by atoms with Crippen LogP contribution >= 0.6 is 11.8 Å². The van der Waals surface area contributed by atoms with Gasteiger partial charge in [-0.25, -0.2) is 4.79 Å². The lowest BCUT2D eigenvalue weighted by molar-refractivity contribution is -0.161. The highest BCUT2D eigenvalue weighted by molar-refractivity contribution is 8.03. The van der Waals surface area contributed by atoms with Gasteiger partial charge < -0.3 is 26.3 Å². The number of carbonyl (C=O) groups is 2. The second-order valence-electron chi connectivity index (χ2n) is 4.46. The minimum absolute atomic E-state index is 0. The zero-order valence-corrected chi connectivity index (χ0v) is 11.3. The quantitative estimate of drug-likeness (QED) is 0.542. The fourth-order valence-corrected chi connectivity index (χ4v) is 3.52. The first-order chi connectivity index (χ1) is 8.49. The van der Waals surface area contributed by atoms with E-state index >= 15 is 0 Å². The van der Waals surface area contributed by atoms with Crippen LogP contribution in [0, 0.1) is 5.92 Å². The molecular formula is C11H18N2O5S. The van der Waals surface area contributed by atoms with Crippen molar-refractivity contribution in [2.75, 3.05) is 12.3 Å². The van der Waals surface area contributed by atoms with Gasteiger partial charge in [-0.1, -0.05) is 0 Å². The number of hydrogen-bond acceptors (Lipinski definition) is 5. The summed E-state index contributed by atoms with van der Waals surface area (Å²) in [5, 5.41) is 18.7. The fourth-order valence-electron chi connectivity index (χ4n) is 2.54. The molecule has 6 N–H and O–H groups in total. The van der Waals surface area contributed by atoms with Crippen LogP contribution in [0.15, 0.2) is 10.6 Å². The van der Waals surface area contributed by atoms with Crippen LogP contribution < -0.4 is 5.73 Å². The van der Waals surface area contributed by atoms with Crippen molar-refractivity contribution < 1.29 is 25.3 Å². The first-order valence-corrected chi connectivity index (χ1v) is 6.78. The van der Waals surface area contributed by atoms with Gasteiger partial charge in [0.25, 0.3) is 0 Å². The molecule has 0 radical (unpaired) electrons. The number of aliphatic hydroxyl groups excluding tert-OH is 1. The van der Waals surface area contributed by atoms with E-state index in [0.717, 1.165) is 0 Å². The molecule has 8 heteroatoms. The number of hydrogen-bond donors (Lipinski definition) is 3. The van der Waals surface area contributed by atoms with Gasteiger partial charge in [0.1, 0.15) is 5.70 Å². The third-order valence-corrected chi connectivity index (χ3v) is 4.43. The number of nitrogens with zero attached hydrogens (tertiary/aromatic N) is 1. The van der Waals surface area contributed by atoms with Crippen LogP contribution in [-0.4, -0.2) is 56.9 Å². The standard InChI is InChI=1S/C11H16N2O4S.H2O/c1-5(14)8-6-4-7(18-3-2-12)9(11(16)17)13(6)10(8)15;/h5-6,8,14H,2-4,12H2,1H3,(H,16,17);1H2/t5-,6-,8-;/m1./s1. The predicted octanol–water partition coefficient (Wildman–Crippen LogP) is -1.24. The molecule has 0 spiro atoms. The SMILES string of the molecule is C[C@@H](O)[C@H]1C(=O)N2C(C(=O)O)=C(SCCN)C[C@H]12.O. The first-order valence-electron chi connectivity index (χ1n) is 5.79. The van der Waals surface area contributed by atoms with E-state index in [4.69, 9.17) is 5.73 Å². The summed E-state index contributed by atoms with van der Waals surface area (Å²) in [5.74, 6) is -1.24. The predicted molar refractivity (Wildman–Crippen MR) is 70.2 cm³/mol. The van der Waals surface area contributed by atoms with Crippen molar-refractivity contribution in [3.05, 3.63) is 10.6 Å². The topological polar surface area (TPSA) is 135 Å². The maximum Gasteiger partial charge on any atom is 0.353 e. The Labute approximate surface area is 114 Å². The van der Waals surface area contributed by atoms with Crippen LogP contribution in [0.3, 0.4) is 0 Å². The third-order valence-electron chi connectivity index (χ3n) is 3.28. The van der Waals surface area contributed by atoms with Crippen molar-refractivity contribution in [2.24, 2.45) is 11.7 Å². The van der Waals surface area contributed by atoms with E-state index < -0.39 is 18.0 Å². The molecule has 19 heavy (non-hydrogen) atoms. The minimum atomic E-state index is -1.09. The second kappa shape index (κ2) is 5.91. The monoisotopic (exact) mass is 290 g/mol. The molecule has 0 bridgehead atoms. The van der Waals surface area contributed by atoms with Gasteiger partial charge in [-0.05, 0) is 6.92 Å². The maximum atomic E-state index is 11.9. The summed E-state index contributed by atoms with van der Waals surface area (Å²) >= 11 is 1.38. The van der Waals surface area contributed by atoms with Crippen LogP contribution in [0.2, 0.25) is 0 Å². The van der Waals surface area contributed by atoms with E-state index in [1.807, 2.05) is 0 Å². The Hall–Kier alpha value is -1.09. The summed E-state index contributed by atoms with van der Waals surface area (Å²) in [6.45, 7) is 2.02. The number of β-lactam (4-membered cyclic amide) rings is 1. The van der Waals surface area contributed by atoms with Gasteiger partial charge in [0.15, 0.2) is 0 Å². The van der Waals surface area contributed by atoms with E-state index in [2.05, 4.69) is 0 Å². The molecule has 7 nitrogen and oxygen atoms in total. The molecule has 3 atom stereocenters. The van der Waals surface area contributed by atoms with Crippen molar-refractivity contribution in [1.29, 1.82) is 0 Å². The number of carboxylic acids is 1. The van der Waals surface area contributed by atoms with Crippen LogP contribution in [0.4, 0.5) is 0 Å². The summed E-state index contributed by atoms with van der Waals surface area (Å²) in [4.78, 5) is 25.1. The van der Waals surface area contributed by atoms with Crippen molar-refractivity contribution in [2.45, 2.75) is 25.5 Å². The molecule has 0 aromatic rings. The molecule has 1 fully saturated rings. The van der Waals surface area contributed by atoms with Gasteiger partial charge in [0, 0.05) is 23.6 Å². The Kier molecular flexibility index (Phi) is 4.97. The molecule has 2 rings (SSSR count). The maximum absolute atomic E-state index is 11.9. The molecule has 0 aliphatic carbocycles. The van der Waals surface area contributed by atoms with Gasteiger partial charge >= 0.3 is 5.97 Å². The normalized spacial score (nSPS) is 26.7. The largest absolute Gasteiger partial charge is 0.477 e. The molecule has 1 amide bonds. The Morgan fingerprint density at radius 1 is 1.63 bits per heavy atom. The summed E-state index contributed by atoms with van der Waals surface area (Å²) in [6.07, 6.45) is -0.235. The van der Waals surface area contributed by atoms with Gasteiger partial charge in [0.2, 0.25) is 5.91 Å². The zero-order valence-electron chi connectivity index (χ0n) is 10.5. The van der Waals surface area contributed by atoms with E-state index in [-0.39, 0.29) is 23.1 Å². The lowest BCUT2D eigenvalue weighted by Gasteiger charge is -2.44. The summed E-state index contributed by atoms with van der Waals surface area (Å²) in [5.41, 5.74) is 5.47. The van der Waals surface area contributed by atoms with Crippen LogP contribution in [0.25, 0.3) is 0 Å². The molecule has 0 aromatic heterocycles. The number of amides is 1. The van der Waals surface area contributed by atoms with Crippen LogP contribution in [0.5, 0.6) is 0 Å². The Balaban J connectivity index is 0.00000180. The number of aliphatic carboxylic acids is 1. The number of carbonyl (C=O) groups excluding carboxylic acids is 1. The van der Waals surface area contributed by atoms with Gasteiger partial charge in [-0.2, -0.15) is 0 Å². The van der Waals surface area contributed by atoms with E-state index in [1.54, 1.807) is 6.92 Å². The summed E-state index contributed by atoms with van der Waals surface area (Å²) in [7, 11) is 0. The summed E-state index contributed by atoms with van der Waals surface area (Å²) in [6, 6.07) is -0.205. The van der Waals surface area contributed by atoms with E-state index in [0.29, 0.717) is 23.6 Å². The summed E-state index contributed by atoms with van der Waals surface area (Å²) < 4.78 is 0. The Morgan fingerprint density at radius 3 is 2.74 bits per heavy atom. The lowest BCUT2D eigenvalue weighted by atomic mass is 9.83. The van der Waals surface area contributed by atoms with E-state index in [1.165, 1.54) is 16.7 Å². The van der Waals surface area contributed by atoms with Crippen LogP contribution in [0.1, 0.15) is 13.3 Å². The number of carboxylic acid groups (broad SMARTS) is 1. The molecule has 0 aromatic carbocycles. The van der Waals surface area contributed by atoms with Gasteiger partial charge in [-0.15, -0.1) is 11.8 Å². The molecule has 2 aliphatic rings. The molecule has 0 unspecified atom stereocenters. The van der Waals surface area contributed by atoms with Crippen LogP contribution in [-0.2, 0) is 9.59 Å². The highest BCUT2D eigenvalue weighted by Crippen LogP contribution is 2.46. The highest BCUT2D eigenvalue weighted by atomic mass is 32.2. The van der Waals surface area contributed by atoms with Gasteiger partial charge in [0.05, 0.1) is 18.1 Å². The molecule has 0 saturated carbocycles. The molecular weight excluding hydrogens is 272 g/mol. The highest BCUT2D eigenvalue weighted by Gasteiger charge is 2.56. The minimum Gasteiger partial charge on any atom is -0.477 e. The van der Waals surface area contributed by atoms with Crippen molar-refractivity contribution >= 4 is 23.6 Å². The molecule has 108 valence electrons. The van der Waals surface area contributed by atoms with Gasteiger partial charge in [-0.3, -0.25) is 4.79 Å². The van der Waals surface area contributed by atoms with Crippen molar-refractivity contribution in [1.82, 2.24) is 4.90 Å². The Morgan fingerprint density at radius 2 is 2.26 bits per heavy atom. The third kappa shape index (κ3) is 2.48. The van der Waals surface area contributed by atoms with Crippen molar-refractivity contribution in [3.8, 4) is 0 Å². The average Bonchev–Trinajstić information content (AvgIpc) is 2.60. The first kappa shape index (κ1) is 16.0. The number of nitrogens with two attached hydrogens (primary N) is 1. The number of thioether (sulfide) groups is 1. The smallest absolute Gasteiger partial charge is 0.353 e. The Bertz CT molecular complexity index is 423. The lowest BCUT2D eigenvalue weighted by Crippen LogP contribution is -2.61. The fraction of sp³-hybridized carbons (Fsp3) is 0.636. The zero-order chi connectivity index (χ0) is 13.4. The molecule has 2 heterocycles. The second-order valence-corrected chi connectivity index (χ2v) is 5.65. The van der Waals surface area contributed by atoms with Crippen molar-refractivity contribution in [3.63, 3.8) is 0 Å². The average molecular weight is 290 g/mol. The molecule has 1 saturated heterocycles. The molecule has 2 aliphatic heterocycles.